The number of carbonyl (C=O) groups is 1. The summed E-state index contributed by atoms with van der Waals surface area (Å²) in [6, 6.07) is 14.9. The fourth-order valence-electron chi connectivity index (χ4n) is 3.23. The molecular formula is C23H24N4O3. The van der Waals surface area contributed by atoms with E-state index in [4.69, 9.17) is 9.15 Å². The van der Waals surface area contributed by atoms with Gasteiger partial charge in [-0.25, -0.2) is 4.98 Å². The molecule has 0 aliphatic heterocycles. The zero-order valence-corrected chi connectivity index (χ0v) is 17.5. The number of amides is 1. The Kier molecular flexibility index (Phi) is 5.13. The second-order valence-electron chi connectivity index (χ2n) is 8.06. The van der Waals surface area contributed by atoms with E-state index in [9.17, 15) is 4.79 Å². The number of benzene rings is 1. The Labute approximate surface area is 174 Å². The van der Waals surface area contributed by atoms with E-state index in [1.165, 1.54) is 0 Å². The molecule has 0 saturated carbocycles. The normalized spacial score (nSPS) is 11.7. The highest BCUT2D eigenvalue weighted by molar-refractivity contribution is 6.06. The molecule has 0 spiro atoms. The minimum Gasteiger partial charge on any atom is -0.451 e. The Hall–Kier alpha value is -3.45. The maximum Gasteiger partial charge on any atom is 0.292 e. The number of pyridine rings is 1. The third-order valence-corrected chi connectivity index (χ3v) is 4.78. The van der Waals surface area contributed by atoms with Gasteiger partial charge in [0.25, 0.3) is 5.91 Å². The first kappa shape index (κ1) is 19.8. The highest BCUT2D eigenvalue weighted by Gasteiger charge is 2.25. The van der Waals surface area contributed by atoms with Gasteiger partial charge in [-0.3, -0.25) is 4.79 Å². The van der Waals surface area contributed by atoms with Crippen LogP contribution in [0.25, 0.3) is 16.8 Å². The van der Waals surface area contributed by atoms with Gasteiger partial charge in [0.15, 0.2) is 11.6 Å². The first-order valence-electron chi connectivity index (χ1n) is 9.71. The largest absolute Gasteiger partial charge is 0.451 e. The Morgan fingerprint density at radius 1 is 1.17 bits per heavy atom. The minimum atomic E-state index is -0.365. The molecule has 0 saturated heterocycles. The lowest BCUT2D eigenvalue weighted by Crippen LogP contribution is -2.16. The van der Waals surface area contributed by atoms with Crippen molar-refractivity contribution in [1.29, 1.82) is 0 Å². The second kappa shape index (κ2) is 7.76. The lowest BCUT2D eigenvalue weighted by atomic mass is 9.92. The summed E-state index contributed by atoms with van der Waals surface area (Å²) in [6.45, 7) is 6.48. The predicted octanol–water partition coefficient (Wildman–Crippen LogP) is 4.71. The van der Waals surface area contributed by atoms with Crippen LogP contribution >= 0.6 is 0 Å². The summed E-state index contributed by atoms with van der Waals surface area (Å²) in [5.74, 6) is 0.998. The number of hydrogen-bond acceptors (Lipinski definition) is 5. The number of nitrogens with one attached hydrogen (secondary N) is 1. The Morgan fingerprint density at radius 3 is 2.63 bits per heavy atom. The topological polar surface area (TPSA) is 82.2 Å². The monoisotopic (exact) mass is 404 g/mol. The molecule has 3 aromatic heterocycles. The maximum absolute atomic E-state index is 13.2. The van der Waals surface area contributed by atoms with Crippen LogP contribution in [0.2, 0.25) is 0 Å². The quantitative estimate of drug-likeness (QED) is 0.521. The molecule has 0 unspecified atom stereocenters. The van der Waals surface area contributed by atoms with Crippen LogP contribution in [0.15, 0.2) is 59.1 Å². The van der Waals surface area contributed by atoms with Gasteiger partial charge in [-0.2, -0.15) is 9.78 Å². The van der Waals surface area contributed by atoms with Crippen LogP contribution in [0.1, 0.15) is 42.6 Å². The number of hydrogen-bond donors (Lipinski definition) is 1. The van der Waals surface area contributed by atoms with Crippen molar-refractivity contribution < 1.29 is 13.9 Å². The van der Waals surface area contributed by atoms with Crippen LogP contribution in [0.3, 0.4) is 0 Å². The maximum atomic E-state index is 13.2. The molecule has 7 nitrogen and oxygen atoms in total. The van der Waals surface area contributed by atoms with E-state index in [1.54, 1.807) is 18.0 Å². The van der Waals surface area contributed by atoms with Gasteiger partial charge in [-0.1, -0.05) is 45.0 Å². The molecule has 7 heteroatoms. The number of para-hydroxylation sites is 1. The number of ether oxygens (including phenoxy) is 1. The molecule has 30 heavy (non-hydrogen) atoms. The third-order valence-electron chi connectivity index (χ3n) is 4.78. The van der Waals surface area contributed by atoms with E-state index in [1.807, 2.05) is 48.5 Å². The molecule has 1 aromatic carbocycles. The summed E-state index contributed by atoms with van der Waals surface area (Å²) in [6.07, 6.45) is 1.69. The van der Waals surface area contributed by atoms with Gasteiger partial charge in [0.05, 0.1) is 12.3 Å². The highest BCUT2D eigenvalue weighted by atomic mass is 16.5. The van der Waals surface area contributed by atoms with Gasteiger partial charge in [0.2, 0.25) is 0 Å². The average molecular weight is 404 g/mol. The summed E-state index contributed by atoms with van der Waals surface area (Å²) < 4.78 is 12.8. The zero-order valence-electron chi connectivity index (χ0n) is 17.5. The van der Waals surface area contributed by atoms with Gasteiger partial charge in [-0.05, 0) is 18.2 Å². The lowest BCUT2D eigenvalue weighted by molar-refractivity contribution is 0.0991. The van der Waals surface area contributed by atoms with Crippen molar-refractivity contribution in [2.75, 3.05) is 12.4 Å². The lowest BCUT2D eigenvalue weighted by Gasteiger charge is -2.13. The van der Waals surface area contributed by atoms with E-state index in [2.05, 4.69) is 36.2 Å². The summed E-state index contributed by atoms with van der Waals surface area (Å²) in [5, 5.41) is 8.49. The van der Waals surface area contributed by atoms with Crippen molar-refractivity contribution >= 4 is 22.7 Å². The SMILES string of the molecule is COCc1c(C(=O)Nc2cc(C(C)(C)C)nn2-c2ccccn2)oc2ccccc12. The minimum absolute atomic E-state index is 0.194. The van der Waals surface area contributed by atoms with Gasteiger partial charge < -0.3 is 14.5 Å². The van der Waals surface area contributed by atoms with E-state index >= 15 is 0 Å². The molecule has 154 valence electrons. The Balaban J connectivity index is 1.76. The molecule has 0 atom stereocenters. The molecule has 4 aromatic rings. The van der Waals surface area contributed by atoms with Crippen molar-refractivity contribution in [3.63, 3.8) is 0 Å². The number of nitrogens with zero attached hydrogens (tertiary/aromatic N) is 3. The second-order valence-corrected chi connectivity index (χ2v) is 8.06. The number of methoxy groups -OCH3 is 1. The fraction of sp³-hybridized carbons (Fsp3) is 0.261. The van der Waals surface area contributed by atoms with Crippen molar-refractivity contribution in [2.45, 2.75) is 32.8 Å². The number of furan rings is 1. The van der Waals surface area contributed by atoms with E-state index in [-0.39, 0.29) is 23.7 Å². The molecular weight excluding hydrogens is 380 g/mol. The molecule has 1 amide bonds. The van der Waals surface area contributed by atoms with Gasteiger partial charge in [0, 0.05) is 35.7 Å². The molecule has 3 heterocycles. The first-order chi connectivity index (χ1) is 14.4. The predicted molar refractivity (Wildman–Crippen MR) is 115 cm³/mol. The molecule has 0 aliphatic carbocycles. The van der Waals surface area contributed by atoms with Gasteiger partial charge in [-0.15, -0.1) is 0 Å². The van der Waals surface area contributed by atoms with Crippen LogP contribution in [-0.4, -0.2) is 27.8 Å². The molecule has 4 rings (SSSR count). The zero-order chi connectivity index (χ0) is 21.3. The highest BCUT2D eigenvalue weighted by Crippen LogP contribution is 2.29. The van der Waals surface area contributed by atoms with E-state index in [0.29, 0.717) is 22.8 Å². The molecule has 0 bridgehead atoms. The van der Waals surface area contributed by atoms with Gasteiger partial charge >= 0.3 is 0 Å². The van der Waals surface area contributed by atoms with E-state index in [0.717, 1.165) is 11.1 Å². The Bertz CT molecular complexity index is 1190. The number of rotatable bonds is 5. The fourth-order valence-corrected chi connectivity index (χ4v) is 3.23. The van der Waals surface area contributed by atoms with Crippen molar-refractivity contribution in [2.24, 2.45) is 0 Å². The van der Waals surface area contributed by atoms with E-state index < -0.39 is 0 Å². The third kappa shape index (κ3) is 3.71. The van der Waals surface area contributed by atoms with Crippen molar-refractivity contribution in [3.8, 4) is 5.82 Å². The number of carbonyl (C=O) groups excluding carboxylic acids is 1. The number of fused-ring (bicyclic) bond motifs is 1. The molecule has 0 aliphatic rings. The average Bonchev–Trinajstić information content (AvgIpc) is 3.31. The smallest absolute Gasteiger partial charge is 0.292 e. The van der Waals surface area contributed by atoms with Crippen LogP contribution in [0, 0.1) is 0 Å². The van der Waals surface area contributed by atoms with Crippen LogP contribution < -0.4 is 5.32 Å². The number of anilines is 1. The summed E-state index contributed by atoms with van der Waals surface area (Å²) in [7, 11) is 1.59. The van der Waals surface area contributed by atoms with Crippen LogP contribution in [0.5, 0.6) is 0 Å². The molecule has 0 fully saturated rings. The molecule has 0 radical (unpaired) electrons. The summed E-state index contributed by atoms with van der Waals surface area (Å²) in [4.78, 5) is 17.6. The van der Waals surface area contributed by atoms with Crippen LogP contribution in [0.4, 0.5) is 5.82 Å². The summed E-state index contributed by atoms with van der Waals surface area (Å²) in [5.41, 5.74) is 2.00. The number of aromatic nitrogens is 3. The molecule has 1 N–H and O–H groups in total. The van der Waals surface area contributed by atoms with Crippen molar-refractivity contribution in [1.82, 2.24) is 14.8 Å². The van der Waals surface area contributed by atoms with Crippen LogP contribution in [-0.2, 0) is 16.8 Å². The Morgan fingerprint density at radius 2 is 1.93 bits per heavy atom. The first-order valence-corrected chi connectivity index (χ1v) is 9.71. The van der Waals surface area contributed by atoms with Crippen molar-refractivity contribution in [3.05, 3.63) is 71.7 Å². The standard InChI is InChI=1S/C23H24N4O3/c1-23(2,3)18-13-20(27(26-18)19-11-7-8-12-24-19)25-22(28)21-16(14-29-4)15-9-5-6-10-17(15)30-21/h5-13H,14H2,1-4H3,(H,25,28). The van der Waals surface area contributed by atoms with Gasteiger partial charge in [0.1, 0.15) is 11.4 Å². The summed E-state index contributed by atoms with van der Waals surface area (Å²) >= 11 is 0.